The number of alkyl halides is 1. The van der Waals surface area contributed by atoms with Gasteiger partial charge in [-0.25, -0.2) is 9.37 Å². The Balaban J connectivity index is 1.51. The quantitative estimate of drug-likeness (QED) is 0.494. The number of β-amino-alcohol motifs (C(OH)–C–C–N with tert-alkyl or cyclic N) is 1. The van der Waals surface area contributed by atoms with Gasteiger partial charge in [0.25, 0.3) is 0 Å². The molecule has 3 heterocycles. The van der Waals surface area contributed by atoms with E-state index in [4.69, 9.17) is 4.52 Å². The lowest BCUT2D eigenvalue weighted by molar-refractivity contribution is -0.142. The van der Waals surface area contributed by atoms with E-state index >= 15 is 4.39 Å². The minimum Gasteiger partial charge on any atom is -0.388 e. The third-order valence-corrected chi connectivity index (χ3v) is 7.58. The zero-order valence-electron chi connectivity index (χ0n) is 20.9. The van der Waals surface area contributed by atoms with Crippen molar-refractivity contribution in [1.82, 2.24) is 20.4 Å². The number of nitrogens with zero attached hydrogens (tertiary/aromatic N) is 3. The van der Waals surface area contributed by atoms with E-state index in [2.05, 4.69) is 15.5 Å². The molecule has 0 aliphatic carbocycles. The van der Waals surface area contributed by atoms with Gasteiger partial charge in [-0.2, -0.15) is 0 Å². The molecule has 0 radical (unpaired) electrons. The number of nitrogens with one attached hydrogen (secondary N) is 1. The number of aromatic nitrogens is 2. The maximum absolute atomic E-state index is 15.1. The average molecular weight is 515 g/mol. The number of likely N-dealkylation sites (tertiary alicyclic amines) is 1. The molecule has 0 bridgehead atoms. The molecule has 5 atom stereocenters. The van der Waals surface area contributed by atoms with Crippen molar-refractivity contribution < 1.29 is 23.6 Å². The molecule has 1 fully saturated rings. The highest BCUT2D eigenvalue weighted by molar-refractivity contribution is 7.13. The smallest absolute Gasteiger partial charge is 0.246 e. The molecule has 8 nitrogen and oxygen atoms in total. The van der Waals surface area contributed by atoms with Gasteiger partial charge in [-0.05, 0) is 37.8 Å². The fraction of sp³-hybridized carbons (Fsp3) is 0.462. The highest BCUT2D eigenvalue weighted by Gasteiger charge is 2.50. The minimum absolute atomic E-state index is 0.191. The van der Waals surface area contributed by atoms with Gasteiger partial charge >= 0.3 is 0 Å². The number of benzene rings is 1. The van der Waals surface area contributed by atoms with Crippen molar-refractivity contribution in [2.24, 2.45) is 5.92 Å². The largest absolute Gasteiger partial charge is 0.388 e. The summed E-state index contributed by atoms with van der Waals surface area (Å²) in [4.78, 5) is 33.2. The number of thiazole rings is 1. The van der Waals surface area contributed by atoms with E-state index in [1.807, 2.05) is 45.0 Å². The highest BCUT2D eigenvalue weighted by Crippen LogP contribution is 2.33. The normalized spacial score (nSPS) is 21.6. The first kappa shape index (κ1) is 26.0. The van der Waals surface area contributed by atoms with Crippen LogP contribution in [-0.2, 0) is 9.59 Å². The van der Waals surface area contributed by atoms with Gasteiger partial charge in [-0.3, -0.25) is 9.59 Å². The van der Waals surface area contributed by atoms with E-state index in [9.17, 15) is 14.7 Å². The van der Waals surface area contributed by atoms with Crippen molar-refractivity contribution in [2.45, 2.75) is 64.9 Å². The van der Waals surface area contributed by atoms with Gasteiger partial charge in [0.05, 0.1) is 34.4 Å². The molecule has 2 aromatic heterocycles. The molecule has 36 heavy (non-hydrogen) atoms. The van der Waals surface area contributed by atoms with Crippen LogP contribution < -0.4 is 5.32 Å². The van der Waals surface area contributed by atoms with Crippen molar-refractivity contribution in [3.05, 3.63) is 58.6 Å². The van der Waals surface area contributed by atoms with Crippen LogP contribution in [0.4, 0.5) is 4.39 Å². The van der Waals surface area contributed by atoms with Gasteiger partial charge in [0, 0.05) is 6.07 Å². The Labute approximate surface area is 213 Å². The monoisotopic (exact) mass is 514 g/mol. The standard InChI is InChI=1S/C26H31FN4O4S/c1-13(2)21(20-10-14(3)30-35-20)26(34)31-11-19(32)22(27)23(31)25(33)29-15(4)17-6-8-18(9-7-17)24-16(5)28-12-36-24/h6-10,12-13,15,19,21-23,32H,11H2,1-5H3,(H,29,33)/t15-,19-,21+,22-,23-/m0/s1. The summed E-state index contributed by atoms with van der Waals surface area (Å²) in [5.74, 6) is -1.72. The molecule has 2 amide bonds. The number of halogens is 1. The summed E-state index contributed by atoms with van der Waals surface area (Å²) in [5, 5.41) is 16.9. The second-order valence-corrected chi connectivity index (χ2v) is 10.5. The van der Waals surface area contributed by atoms with Crippen molar-refractivity contribution in [2.75, 3.05) is 6.54 Å². The molecule has 3 aromatic rings. The number of aliphatic hydroxyl groups excluding tert-OH is 1. The zero-order chi connectivity index (χ0) is 26.1. The fourth-order valence-electron chi connectivity index (χ4n) is 4.64. The summed E-state index contributed by atoms with van der Waals surface area (Å²) < 4.78 is 20.4. The number of aliphatic hydroxyl groups is 1. The van der Waals surface area contributed by atoms with E-state index in [1.54, 1.807) is 36.8 Å². The molecule has 0 unspecified atom stereocenters. The molecular formula is C26H31FN4O4S. The first-order chi connectivity index (χ1) is 17.1. The van der Waals surface area contributed by atoms with Crippen molar-refractivity contribution >= 4 is 23.2 Å². The Hall–Kier alpha value is -3.11. The van der Waals surface area contributed by atoms with Crippen LogP contribution in [0.2, 0.25) is 0 Å². The lowest BCUT2D eigenvalue weighted by Crippen LogP contribution is -2.51. The van der Waals surface area contributed by atoms with E-state index in [-0.39, 0.29) is 12.5 Å². The van der Waals surface area contributed by atoms with Gasteiger partial charge in [0.2, 0.25) is 11.8 Å². The predicted octanol–water partition coefficient (Wildman–Crippen LogP) is 3.94. The number of aryl methyl sites for hydroxylation is 2. The highest BCUT2D eigenvalue weighted by atomic mass is 32.1. The number of carbonyl (C=O) groups is 2. The Morgan fingerprint density at radius 3 is 2.47 bits per heavy atom. The van der Waals surface area contributed by atoms with Crippen LogP contribution in [0.15, 0.2) is 40.4 Å². The van der Waals surface area contributed by atoms with Gasteiger partial charge in [-0.15, -0.1) is 11.3 Å². The third kappa shape index (κ3) is 5.05. The summed E-state index contributed by atoms with van der Waals surface area (Å²) in [7, 11) is 0. The third-order valence-electron chi connectivity index (χ3n) is 6.60. The van der Waals surface area contributed by atoms with Crippen molar-refractivity contribution in [3.8, 4) is 10.4 Å². The van der Waals surface area contributed by atoms with Crippen LogP contribution in [0.3, 0.4) is 0 Å². The molecule has 1 saturated heterocycles. The maximum Gasteiger partial charge on any atom is 0.246 e. The van der Waals surface area contributed by atoms with Crippen molar-refractivity contribution in [1.29, 1.82) is 0 Å². The summed E-state index contributed by atoms with van der Waals surface area (Å²) in [5.41, 5.74) is 5.23. The summed E-state index contributed by atoms with van der Waals surface area (Å²) in [6.07, 6.45) is -3.35. The zero-order valence-corrected chi connectivity index (χ0v) is 21.8. The summed E-state index contributed by atoms with van der Waals surface area (Å²) in [6.45, 7) is 8.90. The molecule has 1 aliphatic rings. The van der Waals surface area contributed by atoms with Crippen LogP contribution in [-0.4, -0.2) is 56.8 Å². The fourth-order valence-corrected chi connectivity index (χ4v) is 5.45. The van der Waals surface area contributed by atoms with E-state index in [1.165, 1.54) is 0 Å². The molecule has 0 saturated carbocycles. The molecule has 1 aliphatic heterocycles. The molecule has 192 valence electrons. The van der Waals surface area contributed by atoms with Crippen LogP contribution >= 0.6 is 11.3 Å². The first-order valence-corrected chi connectivity index (χ1v) is 12.8. The van der Waals surface area contributed by atoms with Crippen LogP contribution in [0, 0.1) is 19.8 Å². The second kappa shape index (κ2) is 10.5. The minimum atomic E-state index is -1.90. The Morgan fingerprint density at radius 1 is 1.22 bits per heavy atom. The lowest BCUT2D eigenvalue weighted by Gasteiger charge is -2.29. The van der Waals surface area contributed by atoms with Gasteiger partial charge in [0.15, 0.2) is 6.17 Å². The molecule has 10 heteroatoms. The lowest BCUT2D eigenvalue weighted by atomic mass is 9.91. The summed E-state index contributed by atoms with van der Waals surface area (Å²) in [6, 6.07) is 7.50. The van der Waals surface area contributed by atoms with Crippen molar-refractivity contribution in [3.63, 3.8) is 0 Å². The van der Waals surface area contributed by atoms with E-state index in [0.29, 0.717) is 11.5 Å². The van der Waals surface area contributed by atoms with Gasteiger partial charge in [0.1, 0.15) is 23.8 Å². The van der Waals surface area contributed by atoms with Crippen LogP contribution in [0.1, 0.15) is 55.4 Å². The molecule has 2 N–H and O–H groups in total. The van der Waals surface area contributed by atoms with Crippen LogP contribution in [0.25, 0.3) is 10.4 Å². The van der Waals surface area contributed by atoms with E-state index in [0.717, 1.165) is 26.6 Å². The maximum atomic E-state index is 15.1. The number of amides is 2. The Bertz CT molecular complexity index is 1220. The molecular weight excluding hydrogens is 483 g/mol. The Morgan fingerprint density at radius 2 is 1.92 bits per heavy atom. The number of hydrogen-bond acceptors (Lipinski definition) is 7. The summed E-state index contributed by atoms with van der Waals surface area (Å²) >= 11 is 1.56. The Kier molecular flexibility index (Phi) is 7.56. The number of hydrogen-bond donors (Lipinski definition) is 2. The number of carbonyl (C=O) groups excluding carboxylic acids is 2. The van der Waals surface area contributed by atoms with Crippen LogP contribution in [0.5, 0.6) is 0 Å². The predicted molar refractivity (Wildman–Crippen MR) is 134 cm³/mol. The topological polar surface area (TPSA) is 109 Å². The average Bonchev–Trinajstić information content (AvgIpc) is 3.53. The van der Waals surface area contributed by atoms with E-state index < -0.39 is 42.1 Å². The molecule has 0 spiro atoms. The first-order valence-electron chi connectivity index (χ1n) is 11.9. The molecule has 1 aromatic carbocycles. The van der Waals surface area contributed by atoms with Gasteiger partial charge < -0.3 is 19.8 Å². The van der Waals surface area contributed by atoms with Gasteiger partial charge in [-0.1, -0.05) is 43.3 Å². The number of rotatable bonds is 7. The molecule has 4 rings (SSSR count). The second-order valence-electron chi connectivity index (χ2n) is 9.66. The SMILES string of the molecule is Cc1cc([C@H](C(=O)N2C[C@H](O)[C@H](F)[C@H]2C(=O)N[C@@H](C)c2ccc(-c3scnc3C)cc2)C(C)C)on1.